The summed E-state index contributed by atoms with van der Waals surface area (Å²) in [6.45, 7) is 0. The minimum Gasteiger partial charge on any atom is -0.197 e. The minimum absolute atomic E-state index is 0. The van der Waals surface area contributed by atoms with Gasteiger partial charge in [-0.3, -0.25) is 0 Å². The van der Waals surface area contributed by atoms with E-state index in [2.05, 4.69) is 0 Å². The van der Waals surface area contributed by atoms with E-state index in [4.69, 9.17) is 0 Å². The maximum Gasteiger partial charge on any atom is -0.0623 e. The van der Waals surface area contributed by atoms with Crippen molar-refractivity contribution in [2.75, 3.05) is 0 Å². The molecule has 1 rings (SSSR count). The molecule has 0 saturated heterocycles. The van der Waals surface area contributed by atoms with Crippen molar-refractivity contribution in [2.24, 2.45) is 0 Å². The van der Waals surface area contributed by atoms with Gasteiger partial charge in [-0.1, -0.05) is 36.4 Å². The van der Waals surface area contributed by atoms with Crippen LogP contribution in [0.2, 0.25) is 0 Å². The predicted octanol–water partition coefficient (Wildman–Crippen LogP) is 2.42. The third-order valence-corrected chi connectivity index (χ3v) is 0.667. The lowest BCUT2D eigenvalue weighted by molar-refractivity contribution is 1.72. The van der Waals surface area contributed by atoms with Gasteiger partial charge in [-0.05, 0) is 0 Å². The molecule has 0 aromatic heterocycles. The summed E-state index contributed by atoms with van der Waals surface area (Å²) in [7, 11) is 0. The molecule has 0 aliphatic rings. The number of hydrogen-bond donors (Lipinski definition) is 0. The van der Waals surface area contributed by atoms with Crippen LogP contribution in [-0.2, 0) is 0 Å². The largest absolute Gasteiger partial charge is 0.197 e. The zero-order valence-electron chi connectivity index (χ0n) is 4.37. The van der Waals surface area contributed by atoms with Gasteiger partial charge in [-0.25, -0.2) is 0 Å². The molecule has 0 nitrogen and oxygen atoms in total. The molecule has 0 aliphatic carbocycles. The van der Waals surface area contributed by atoms with Gasteiger partial charge in [0, 0.05) is 0 Å². The smallest absolute Gasteiger partial charge is 0.0623 e. The third-order valence-electron chi connectivity index (χ3n) is 0.667. The van der Waals surface area contributed by atoms with Gasteiger partial charge in [-0.15, -0.1) is 24.0 Å². The molecule has 8 heavy (non-hydrogen) atoms. The Bertz CT molecular complexity index is 80.5. The number of hydrogen-bond acceptors (Lipinski definition) is 0. The van der Waals surface area contributed by atoms with Crippen LogP contribution in [-0.4, -0.2) is 0 Å². The minimum atomic E-state index is 0. The highest BCUT2D eigenvalue weighted by molar-refractivity contribution is 14.0. The lowest BCUT2D eigenvalue weighted by atomic mass is 10.4. The molecular weight excluding hydrogens is 231 g/mol. The Hall–Kier alpha value is 0.300. The second-order valence-electron chi connectivity index (χ2n) is 1.15. The number of rotatable bonds is 0. The first-order valence-corrected chi connectivity index (χ1v) is 2.00. The van der Waals surface area contributed by atoms with Crippen molar-refractivity contribution in [3.63, 3.8) is 0 Å². The summed E-state index contributed by atoms with van der Waals surface area (Å²) in [6.07, 6.45) is 0. The Morgan fingerprint density at radius 1 is 0.500 bits per heavy atom. The van der Waals surface area contributed by atoms with Crippen LogP contribution in [0.15, 0.2) is 36.4 Å². The van der Waals surface area contributed by atoms with E-state index in [9.17, 15) is 0 Å². The normalized spacial score (nSPS) is 6.00. The maximum atomic E-state index is 2.00. The zero-order valence-corrected chi connectivity index (χ0v) is 7.70. The van der Waals surface area contributed by atoms with Gasteiger partial charge >= 0.3 is 0 Å². The highest BCUT2D eigenvalue weighted by Crippen LogP contribution is 1.79. The molecule has 0 heterocycles. The van der Waals surface area contributed by atoms with Crippen molar-refractivity contribution < 1.29 is 0 Å². The molecule has 0 fully saturated rings. The van der Waals surface area contributed by atoms with Gasteiger partial charge in [0.25, 0.3) is 0 Å². The summed E-state index contributed by atoms with van der Waals surface area (Å²) in [5, 5.41) is 0. The van der Waals surface area contributed by atoms with E-state index in [1.54, 1.807) is 0 Å². The lowest BCUT2D eigenvalue weighted by Crippen LogP contribution is -1.47. The molecule has 0 unspecified atom stereocenters. The first-order valence-electron chi connectivity index (χ1n) is 2.00. The number of benzene rings is 1. The fourth-order valence-corrected chi connectivity index (χ4v) is 0.385. The monoisotopic (exact) mass is 240 g/mol. The van der Waals surface area contributed by atoms with E-state index in [1.165, 1.54) is 0 Å². The Kier molecular flexibility index (Phi) is 10.2. The van der Waals surface area contributed by atoms with Gasteiger partial charge in [0.2, 0.25) is 0 Å². The van der Waals surface area contributed by atoms with Gasteiger partial charge < -0.3 is 0 Å². The van der Waals surface area contributed by atoms with E-state index >= 15 is 0 Å². The molecule has 1 aromatic rings. The van der Waals surface area contributed by atoms with Gasteiger partial charge in [0.15, 0.2) is 0 Å². The van der Waals surface area contributed by atoms with Gasteiger partial charge in [-0.2, -0.15) is 13.5 Å². The molecule has 1 aromatic carbocycles. The fraction of sp³-hybridized carbons (Fsp3) is 0. The van der Waals surface area contributed by atoms with Gasteiger partial charge in [0.1, 0.15) is 0 Å². The zero-order chi connectivity index (χ0) is 4.24. The first kappa shape index (κ1) is 11.1. The molecule has 0 radical (unpaired) electrons. The summed E-state index contributed by atoms with van der Waals surface area (Å²) < 4.78 is 0. The maximum absolute atomic E-state index is 2.00. The average Bonchev–Trinajstić information content (AvgIpc) is 1.72. The molecule has 0 atom stereocenters. The van der Waals surface area contributed by atoms with Crippen LogP contribution in [0.25, 0.3) is 0 Å². The van der Waals surface area contributed by atoms with Crippen molar-refractivity contribution in [1.29, 1.82) is 0 Å². The molecule has 0 aliphatic heterocycles. The fourth-order valence-electron chi connectivity index (χ4n) is 0.385. The van der Waals surface area contributed by atoms with E-state index in [0.717, 1.165) is 0 Å². The molecule has 2 heteroatoms. The van der Waals surface area contributed by atoms with E-state index in [0.29, 0.717) is 0 Å². The van der Waals surface area contributed by atoms with Crippen molar-refractivity contribution in [2.45, 2.75) is 0 Å². The molecule has 0 N–H and O–H groups in total. The Balaban J connectivity index is 0. The first-order chi connectivity index (χ1) is 3.00. The van der Waals surface area contributed by atoms with Crippen LogP contribution in [0.4, 0.5) is 0 Å². The molecule has 46 valence electrons. The predicted molar refractivity (Wildman–Crippen MR) is 52.2 cm³/mol. The van der Waals surface area contributed by atoms with E-state index in [-0.39, 0.29) is 37.5 Å². The number of halogens is 1. The second-order valence-corrected chi connectivity index (χ2v) is 1.15. The summed E-state index contributed by atoms with van der Waals surface area (Å²) in [5.41, 5.74) is 0. The third kappa shape index (κ3) is 4.46. The van der Waals surface area contributed by atoms with Crippen LogP contribution in [0.5, 0.6) is 0 Å². The van der Waals surface area contributed by atoms with E-state index in [1.807, 2.05) is 36.4 Å². The topological polar surface area (TPSA) is 0 Å². The SMILES string of the molecule is I.S.c1ccccc1. The van der Waals surface area contributed by atoms with Crippen LogP contribution in [0.1, 0.15) is 0 Å². The van der Waals surface area contributed by atoms with Crippen LogP contribution >= 0.6 is 37.5 Å². The van der Waals surface area contributed by atoms with Crippen LogP contribution in [0, 0.1) is 0 Å². The Labute approximate surface area is 73.8 Å². The van der Waals surface area contributed by atoms with Crippen molar-refractivity contribution >= 4 is 37.5 Å². The Morgan fingerprint density at radius 2 is 0.625 bits per heavy atom. The van der Waals surface area contributed by atoms with Gasteiger partial charge in [0.05, 0.1) is 0 Å². The Morgan fingerprint density at radius 3 is 0.750 bits per heavy atom. The molecule has 0 spiro atoms. The standard InChI is InChI=1S/C6H6.HI.H2S/c1-2-4-6-5-3-1;;/h1-6H;1H;1H2. The van der Waals surface area contributed by atoms with E-state index < -0.39 is 0 Å². The summed E-state index contributed by atoms with van der Waals surface area (Å²) >= 11 is 0. The average molecular weight is 240 g/mol. The van der Waals surface area contributed by atoms with Crippen LogP contribution < -0.4 is 0 Å². The summed E-state index contributed by atoms with van der Waals surface area (Å²) in [5.74, 6) is 0. The van der Waals surface area contributed by atoms with Crippen molar-refractivity contribution in [1.82, 2.24) is 0 Å². The summed E-state index contributed by atoms with van der Waals surface area (Å²) in [6, 6.07) is 12.0. The van der Waals surface area contributed by atoms with Crippen LogP contribution in [0.3, 0.4) is 0 Å². The summed E-state index contributed by atoms with van der Waals surface area (Å²) in [4.78, 5) is 0. The quantitative estimate of drug-likeness (QED) is 0.611. The molecule has 0 amide bonds. The second kappa shape index (κ2) is 7.30. The van der Waals surface area contributed by atoms with Crippen molar-refractivity contribution in [3.8, 4) is 0 Å². The molecular formula is C6H9IS. The molecule has 0 saturated carbocycles. The highest BCUT2D eigenvalue weighted by atomic mass is 127. The molecule has 0 bridgehead atoms. The lowest BCUT2D eigenvalue weighted by Gasteiger charge is -1.69. The highest BCUT2D eigenvalue weighted by Gasteiger charge is 1.57. The van der Waals surface area contributed by atoms with Crippen molar-refractivity contribution in [3.05, 3.63) is 36.4 Å².